The third-order valence-corrected chi connectivity index (χ3v) is 4.36. The Morgan fingerprint density at radius 1 is 1.26 bits per heavy atom. The summed E-state index contributed by atoms with van der Waals surface area (Å²) >= 11 is 6.01. The number of amides is 1. The van der Waals surface area contributed by atoms with Gasteiger partial charge in [0.15, 0.2) is 0 Å². The summed E-state index contributed by atoms with van der Waals surface area (Å²) in [6.07, 6.45) is 0.0441. The van der Waals surface area contributed by atoms with Crippen LogP contribution in [-0.2, 0) is 21.2 Å². The number of methoxy groups -OCH3 is 1. The van der Waals surface area contributed by atoms with E-state index in [0.29, 0.717) is 16.3 Å². The fourth-order valence-corrected chi connectivity index (χ4v) is 2.71. The Labute approximate surface area is 139 Å². The Morgan fingerprint density at radius 3 is 2.57 bits per heavy atom. The summed E-state index contributed by atoms with van der Waals surface area (Å²) in [7, 11) is -2.47. The van der Waals surface area contributed by atoms with E-state index in [1.165, 1.54) is 25.3 Å². The summed E-state index contributed by atoms with van der Waals surface area (Å²) in [5.74, 6) is -0.0344. The lowest BCUT2D eigenvalue weighted by atomic mass is 10.1. The summed E-state index contributed by atoms with van der Waals surface area (Å²) < 4.78 is 27.9. The van der Waals surface area contributed by atoms with Crippen LogP contribution in [0.5, 0.6) is 5.75 Å². The van der Waals surface area contributed by atoms with Gasteiger partial charge in [-0.25, -0.2) is 13.6 Å². The molecule has 0 radical (unpaired) electrons. The van der Waals surface area contributed by atoms with Crippen LogP contribution in [0.3, 0.4) is 0 Å². The van der Waals surface area contributed by atoms with Crippen LogP contribution in [0.2, 0.25) is 5.02 Å². The number of nitrogens with one attached hydrogen (secondary N) is 1. The second-order valence-corrected chi connectivity index (χ2v) is 6.69. The van der Waals surface area contributed by atoms with Gasteiger partial charge < -0.3 is 10.1 Å². The van der Waals surface area contributed by atoms with Crippen LogP contribution in [0.1, 0.15) is 5.56 Å². The molecule has 0 aliphatic heterocycles. The van der Waals surface area contributed by atoms with Crippen molar-refractivity contribution in [2.45, 2.75) is 11.3 Å². The van der Waals surface area contributed by atoms with Gasteiger partial charge in [0.1, 0.15) is 5.75 Å². The summed E-state index contributed by atoms with van der Waals surface area (Å²) in [4.78, 5) is 12.0. The van der Waals surface area contributed by atoms with Gasteiger partial charge in [0.05, 0.1) is 24.1 Å². The van der Waals surface area contributed by atoms with Crippen molar-refractivity contribution in [2.24, 2.45) is 5.14 Å². The minimum Gasteiger partial charge on any atom is -0.495 e. The molecular formula is C15H15ClN2O4S. The number of ether oxygens (including phenoxy) is 1. The molecule has 2 rings (SSSR count). The molecule has 0 saturated carbocycles. The van der Waals surface area contributed by atoms with Gasteiger partial charge in [-0.3, -0.25) is 4.79 Å². The first kappa shape index (κ1) is 17.3. The number of carbonyl (C=O) groups excluding carboxylic acids is 1. The van der Waals surface area contributed by atoms with Crippen molar-refractivity contribution in [3.05, 3.63) is 53.1 Å². The minimum absolute atomic E-state index is 0.0441. The van der Waals surface area contributed by atoms with E-state index in [2.05, 4.69) is 5.32 Å². The van der Waals surface area contributed by atoms with Gasteiger partial charge in [-0.15, -0.1) is 0 Å². The van der Waals surface area contributed by atoms with Crippen molar-refractivity contribution < 1.29 is 17.9 Å². The topological polar surface area (TPSA) is 98.5 Å². The van der Waals surface area contributed by atoms with Crippen molar-refractivity contribution in [2.75, 3.05) is 12.4 Å². The summed E-state index contributed by atoms with van der Waals surface area (Å²) in [5, 5.41) is 8.18. The summed E-state index contributed by atoms with van der Waals surface area (Å²) in [6.45, 7) is 0. The van der Waals surface area contributed by atoms with Crippen LogP contribution < -0.4 is 15.2 Å². The molecule has 6 nitrogen and oxygen atoms in total. The molecule has 0 aliphatic carbocycles. The number of hydrogen-bond acceptors (Lipinski definition) is 4. The highest BCUT2D eigenvalue weighted by atomic mass is 35.5. The van der Waals surface area contributed by atoms with Gasteiger partial charge >= 0.3 is 0 Å². The van der Waals surface area contributed by atoms with E-state index in [1.54, 1.807) is 24.3 Å². The molecule has 2 aromatic carbocycles. The van der Waals surface area contributed by atoms with E-state index < -0.39 is 10.0 Å². The predicted molar refractivity (Wildman–Crippen MR) is 88.2 cm³/mol. The van der Waals surface area contributed by atoms with Crippen molar-refractivity contribution in [3.8, 4) is 5.75 Å². The number of primary sulfonamides is 1. The quantitative estimate of drug-likeness (QED) is 0.859. The molecule has 2 aromatic rings. The molecule has 0 bridgehead atoms. The fourth-order valence-electron chi connectivity index (χ4n) is 1.97. The van der Waals surface area contributed by atoms with Crippen molar-refractivity contribution >= 4 is 33.2 Å². The summed E-state index contributed by atoms with van der Waals surface area (Å²) in [5.41, 5.74) is 0.879. The largest absolute Gasteiger partial charge is 0.495 e. The maximum atomic E-state index is 12.2. The number of rotatable bonds is 5. The molecule has 0 unspecified atom stereocenters. The highest BCUT2D eigenvalue weighted by Gasteiger charge is 2.14. The maximum Gasteiger partial charge on any atom is 0.238 e. The van der Waals surface area contributed by atoms with E-state index in [9.17, 15) is 13.2 Å². The van der Waals surface area contributed by atoms with Gasteiger partial charge in [-0.05, 0) is 29.8 Å². The Hall–Kier alpha value is -2.09. The normalized spacial score (nSPS) is 11.1. The Bertz CT molecular complexity index is 837. The van der Waals surface area contributed by atoms with E-state index in [0.717, 1.165) is 0 Å². The number of sulfonamides is 1. The SMILES string of the molecule is COc1ccc(S(N)(=O)=O)cc1NC(=O)Cc1ccccc1Cl. The molecule has 0 heterocycles. The van der Waals surface area contributed by atoms with E-state index in [1.807, 2.05) is 0 Å². The van der Waals surface area contributed by atoms with Crippen LogP contribution in [0.4, 0.5) is 5.69 Å². The second-order valence-electron chi connectivity index (χ2n) is 4.72. The van der Waals surface area contributed by atoms with Crippen LogP contribution >= 0.6 is 11.6 Å². The van der Waals surface area contributed by atoms with Gasteiger partial charge in [0.25, 0.3) is 0 Å². The van der Waals surface area contributed by atoms with Crippen LogP contribution in [0.15, 0.2) is 47.4 Å². The average Bonchev–Trinajstić information content (AvgIpc) is 2.48. The van der Waals surface area contributed by atoms with Gasteiger partial charge in [-0.2, -0.15) is 0 Å². The molecule has 23 heavy (non-hydrogen) atoms. The Morgan fingerprint density at radius 2 is 1.96 bits per heavy atom. The zero-order valence-electron chi connectivity index (χ0n) is 12.2. The molecule has 0 aliphatic rings. The molecule has 3 N–H and O–H groups in total. The number of benzene rings is 2. The lowest BCUT2D eigenvalue weighted by Crippen LogP contribution is -2.17. The first-order valence-electron chi connectivity index (χ1n) is 6.55. The number of anilines is 1. The van der Waals surface area contributed by atoms with Crippen molar-refractivity contribution in [1.29, 1.82) is 0 Å². The van der Waals surface area contributed by atoms with Crippen molar-refractivity contribution in [1.82, 2.24) is 0 Å². The van der Waals surface area contributed by atoms with E-state index >= 15 is 0 Å². The van der Waals surface area contributed by atoms with Gasteiger partial charge in [0.2, 0.25) is 15.9 Å². The second kappa shape index (κ2) is 6.99. The molecule has 0 fully saturated rings. The lowest BCUT2D eigenvalue weighted by Gasteiger charge is -2.12. The third kappa shape index (κ3) is 4.44. The van der Waals surface area contributed by atoms with Gasteiger partial charge in [0, 0.05) is 5.02 Å². The highest BCUT2D eigenvalue weighted by Crippen LogP contribution is 2.27. The number of carbonyl (C=O) groups is 1. The zero-order chi connectivity index (χ0) is 17.0. The molecule has 1 amide bonds. The monoisotopic (exact) mass is 354 g/mol. The maximum absolute atomic E-state index is 12.2. The molecule has 122 valence electrons. The van der Waals surface area contributed by atoms with E-state index in [-0.39, 0.29) is 22.9 Å². The Balaban J connectivity index is 2.24. The minimum atomic E-state index is -3.88. The van der Waals surface area contributed by atoms with Gasteiger partial charge in [-0.1, -0.05) is 29.8 Å². The fraction of sp³-hybridized carbons (Fsp3) is 0.133. The molecule has 0 saturated heterocycles. The number of halogens is 1. The summed E-state index contributed by atoms with van der Waals surface area (Å²) in [6, 6.07) is 10.9. The van der Waals surface area contributed by atoms with E-state index in [4.69, 9.17) is 21.5 Å². The molecule has 0 spiro atoms. The predicted octanol–water partition coefficient (Wildman–Crippen LogP) is 2.18. The van der Waals surface area contributed by atoms with Crippen LogP contribution in [0.25, 0.3) is 0 Å². The van der Waals surface area contributed by atoms with Crippen molar-refractivity contribution in [3.63, 3.8) is 0 Å². The average molecular weight is 355 g/mol. The third-order valence-electron chi connectivity index (χ3n) is 3.08. The van der Waals surface area contributed by atoms with Crippen LogP contribution in [-0.4, -0.2) is 21.4 Å². The molecule has 0 atom stereocenters. The zero-order valence-corrected chi connectivity index (χ0v) is 13.8. The number of nitrogens with two attached hydrogens (primary N) is 1. The smallest absolute Gasteiger partial charge is 0.238 e. The molecular weight excluding hydrogens is 340 g/mol. The lowest BCUT2D eigenvalue weighted by molar-refractivity contribution is -0.115. The highest BCUT2D eigenvalue weighted by molar-refractivity contribution is 7.89. The first-order valence-corrected chi connectivity index (χ1v) is 8.48. The Kier molecular flexibility index (Phi) is 5.25. The standard InChI is InChI=1S/C15H15ClN2O4S/c1-22-14-7-6-11(23(17,20)21)9-13(14)18-15(19)8-10-4-2-3-5-12(10)16/h2-7,9H,8H2,1H3,(H,18,19)(H2,17,20,21). The number of hydrogen-bond donors (Lipinski definition) is 2. The molecule has 0 aromatic heterocycles. The first-order chi connectivity index (χ1) is 10.8. The van der Waals surface area contributed by atoms with Crippen LogP contribution in [0, 0.1) is 0 Å². The molecule has 8 heteroatoms.